The van der Waals surface area contributed by atoms with E-state index in [0.717, 1.165) is 29.3 Å². The van der Waals surface area contributed by atoms with Crippen molar-refractivity contribution in [1.82, 2.24) is 9.55 Å². The standard InChI is InChI=1S/C17H23N3/c1-6-8-20-15(7-2)19-16(17(20)18)14-10-12(4)11(3)9-13(14)5/h6,9-10H,1,7-8,18H2,2-5H3. The molecule has 2 aromatic rings. The minimum absolute atomic E-state index is 0.700. The van der Waals surface area contributed by atoms with E-state index in [2.05, 4.69) is 46.4 Å². The first-order chi connectivity index (χ1) is 9.49. The second-order valence-electron chi connectivity index (χ2n) is 5.27. The highest BCUT2D eigenvalue weighted by atomic mass is 15.1. The molecule has 0 atom stereocenters. The molecule has 0 spiro atoms. The maximum atomic E-state index is 6.31. The Kier molecular flexibility index (Phi) is 3.98. The highest BCUT2D eigenvalue weighted by molar-refractivity contribution is 5.74. The third-order valence-corrected chi connectivity index (χ3v) is 3.81. The van der Waals surface area contributed by atoms with Crippen molar-refractivity contribution in [3.8, 4) is 11.3 Å². The fourth-order valence-corrected chi connectivity index (χ4v) is 2.53. The smallest absolute Gasteiger partial charge is 0.132 e. The summed E-state index contributed by atoms with van der Waals surface area (Å²) in [6.07, 6.45) is 2.72. The first-order valence-corrected chi connectivity index (χ1v) is 7.03. The normalized spacial score (nSPS) is 10.8. The topological polar surface area (TPSA) is 43.8 Å². The Bertz CT molecular complexity index is 651. The van der Waals surface area contributed by atoms with Gasteiger partial charge in [-0.3, -0.25) is 0 Å². The summed E-state index contributed by atoms with van der Waals surface area (Å²) in [6.45, 7) is 12.9. The van der Waals surface area contributed by atoms with Crippen molar-refractivity contribution in [3.05, 3.63) is 47.3 Å². The zero-order valence-electron chi connectivity index (χ0n) is 12.8. The fourth-order valence-electron chi connectivity index (χ4n) is 2.53. The summed E-state index contributed by atoms with van der Waals surface area (Å²) >= 11 is 0. The Balaban J connectivity index is 2.64. The zero-order chi connectivity index (χ0) is 14.9. The van der Waals surface area contributed by atoms with Gasteiger partial charge in [-0.2, -0.15) is 0 Å². The molecular formula is C17H23N3. The van der Waals surface area contributed by atoms with Crippen molar-refractivity contribution in [2.45, 2.75) is 40.7 Å². The lowest BCUT2D eigenvalue weighted by Gasteiger charge is -2.09. The van der Waals surface area contributed by atoms with Crippen LogP contribution in [0.1, 0.15) is 29.4 Å². The maximum absolute atomic E-state index is 6.31. The SMILES string of the molecule is C=CCn1c(CC)nc(-c2cc(C)c(C)cc2C)c1N. The maximum Gasteiger partial charge on any atom is 0.132 e. The largest absolute Gasteiger partial charge is 0.383 e. The average Bonchev–Trinajstić information content (AvgIpc) is 2.72. The van der Waals surface area contributed by atoms with Crippen molar-refractivity contribution in [1.29, 1.82) is 0 Å². The number of hydrogen-bond acceptors (Lipinski definition) is 2. The molecule has 1 aromatic carbocycles. The monoisotopic (exact) mass is 269 g/mol. The number of aryl methyl sites for hydroxylation is 4. The first-order valence-electron chi connectivity index (χ1n) is 7.03. The van der Waals surface area contributed by atoms with E-state index in [4.69, 9.17) is 10.7 Å². The van der Waals surface area contributed by atoms with Crippen molar-refractivity contribution < 1.29 is 0 Å². The molecule has 0 saturated heterocycles. The van der Waals surface area contributed by atoms with Gasteiger partial charge in [0.1, 0.15) is 17.3 Å². The van der Waals surface area contributed by atoms with Crippen LogP contribution in [0.2, 0.25) is 0 Å². The summed E-state index contributed by atoms with van der Waals surface area (Å²) in [5, 5.41) is 0. The van der Waals surface area contributed by atoms with Crippen molar-refractivity contribution in [2.24, 2.45) is 0 Å². The summed E-state index contributed by atoms with van der Waals surface area (Å²) in [5.41, 5.74) is 12.1. The number of nitrogens with two attached hydrogens (primary N) is 1. The molecule has 20 heavy (non-hydrogen) atoms. The molecule has 0 amide bonds. The summed E-state index contributed by atoms with van der Waals surface area (Å²) in [6, 6.07) is 4.38. The Labute approximate surface area is 121 Å². The molecule has 3 heteroatoms. The summed E-state index contributed by atoms with van der Waals surface area (Å²) in [4.78, 5) is 4.74. The van der Waals surface area contributed by atoms with Gasteiger partial charge in [0, 0.05) is 18.5 Å². The van der Waals surface area contributed by atoms with Crippen LogP contribution < -0.4 is 5.73 Å². The van der Waals surface area contributed by atoms with Gasteiger partial charge in [0.25, 0.3) is 0 Å². The van der Waals surface area contributed by atoms with Gasteiger partial charge in [-0.1, -0.05) is 19.1 Å². The predicted octanol–water partition coefficient (Wildman–Crippen LogP) is 3.81. The van der Waals surface area contributed by atoms with Crippen LogP contribution in [0.3, 0.4) is 0 Å². The number of aromatic nitrogens is 2. The number of imidazole rings is 1. The molecule has 1 heterocycles. The highest BCUT2D eigenvalue weighted by Crippen LogP contribution is 2.31. The summed E-state index contributed by atoms with van der Waals surface area (Å²) < 4.78 is 2.04. The molecule has 2 N–H and O–H groups in total. The molecular weight excluding hydrogens is 246 g/mol. The quantitative estimate of drug-likeness (QED) is 0.858. The van der Waals surface area contributed by atoms with E-state index in [9.17, 15) is 0 Å². The van der Waals surface area contributed by atoms with E-state index in [-0.39, 0.29) is 0 Å². The van der Waals surface area contributed by atoms with Crippen LogP contribution in [-0.4, -0.2) is 9.55 Å². The first kappa shape index (κ1) is 14.4. The van der Waals surface area contributed by atoms with Crippen molar-refractivity contribution in [2.75, 3.05) is 5.73 Å². The van der Waals surface area contributed by atoms with Gasteiger partial charge in [-0.15, -0.1) is 6.58 Å². The van der Waals surface area contributed by atoms with Crippen LogP contribution in [0.25, 0.3) is 11.3 Å². The molecule has 0 fully saturated rings. The zero-order valence-corrected chi connectivity index (χ0v) is 12.8. The van der Waals surface area contributed by atoms with Gasteiger partial charge in [0.05, 0.1) is 0 Å². The number of rotatable bonds is 4. The van der Waals surface area contributed by atoms with Gasteiger partial charge < -0.3 is 10.3 Å². The second-order valence-corrected chi connectivity index (χ2v) is 5.27. The predicted molar refractivity (Wildman–Crippen MR) is 85.9 cm³/mol. The molecule has 0 unspecified atom stereocenters. The Morgan fingerprint density at radius 3 is 2.45 bits per heavy atom. The van der Waals surface area contributed by atoms with Crippen LogP contribution in [0.15, 0.2) is 24.8 Å². The molecule has 0 bridgehead atoms. The third-order valence-electron chi connectivity index (χ3n) is 3.81. The molecule has 106 valence electrons. The van der Waals surface area contributed by atoms with E-state index in [0.29, 0.717) is 6.54 Å². The van der Waals surface area contributed by atoms with E-state index in [1.54, 1.807) is 0 Å². The van der Waals surface area contributed by atoms with Gasteiger partial charge in [0.15, 0.2) is 0 Å². The minimum Gasteiger partial charge on any atom is -0.383 e. The molecule has 0 saturated carbocycles. The minimum atomic E-state index is 0.700. The van der Waals surface area contributed by atoms with Gasteiger partial charge >= 0.3 is 0 Å². The number of nitrogen functional groups attached to an aromatic ring is 1. The van der Waals surface area contributed by atoms with Crippen molar-refractivity contribution in [3.63, 3.8) is 0 Å². The summed E-state index contributed by atoms with van der Waals surface area (Å²) in [7, 11) is 0. The van der Waals surface area contributed by atoms with Gasteiger partial charge in [-0.05, 0) is 43.5 Å². The van der Waals surface area contributed by atoms with Crippen LogP contribution in [-0.2, 0) is 13.0 Å². The number of hydrogen-bond donors (Lipinski definition) is 1. The molecule has 1 aromatic heterocycles. The third kappa shape index (κ3) is 2.36. The molecule has 0 radical (unpaired) electrons. The number of allylic oxidation sites excluding steroid dienone is 1. The molecule has 0 aliphatic rings. The van der Waals surface area contributed by atoms with E-state index in [1.807, 2.05) is 10.6 Å². The second kappa shape index (κ2) is 5.53. The lowest BCUT2D eigenvalue weighted by Crippen LogP contribution is -2.05. The molecule has 3 nitrogen and oxygen atoms in total. The van der Waals surface area contributed by atoms with E-state index >= 15 is 0 Å². The Morgan fingerprint density at radius 1 is 1.20 bits per heavy atom. The van der Waals surface area contributed by atoms with Gasteiger partial charge in [-0.25, -0.2) is 4.98 Å². The van der Waals surface area contributed by atoms with Crippen LogP contribution >= 0.6 is 0 Å². The number of benzene rings is 1. The van der Waals surface area contributed by atoms with Gasteiger partial charge in [0.2, 0.25) is 0 Å². The van der Waals surface area contributed by atoms with Crippen LogP contribution in [0.4, 0.5) is 5.82 Å². The molecule has 0 aliphatic carbocycles. The lowest BCUT2D eigenvalue weighted by molar-refractivity contribution is 0.757. The lowest BCUT2D eigenvalue weighted by atomic mass is 9.99. The Morgan fingerprint density at radius 2 is 1.85 bits per heavy atom. The molecule has 2 rings (SSSR count). The van der Waals surface area contributed by atoms with Crippen molar-refractivity contribution >= 4 is 5.82 Å². The van der Waals surface area contributed by atoms with Crippen LogP contribution in [0.5, 0.6) is 0 Å². The number of nitrogens with zero attached hydrogens (tertiary/aromatic N) is 2. The summed E-state index contributed by atoms with van der Waals surface area (Å²) in [5.74, 6) is 1.74. The van der Waals surface area contributed by atoms with E-state index in [1.165, 1.54) is 16.7 Å². The number of anilines is 1. The fraction of sp³-hybridized carbons (Fsp3) is 0.353. The van der Waals surface area contributed by atoms with E-state index < -0.39 is 0 Å². The van der Waals surface area contributed by atoms with Crippen LogP contribution in [0, 0.1) is 20.8 Å². The highest BCUT2D eigenvalue weighted by Gasteiger charge is 2.16. The molecule has 0 aliphatic heterocycles. The average molecular weight is 269 g/mol. The Hall–Kier alpha value is -2.03.